The van der Waals surface area contributed by atoms with Crippen molar-refractivity contribution in [2.45, 2.75) is 6.61 Å². The number of benzene rings is 2. The van der Waals surface area contributed by atoms with E-state index in [1.54, 1.807) is 18.2 Å². The van der Waals surface area contributed by atoms with Gasteiger partial charge in [-0.15, -0.1) is 0 Å². The molecule has 0 spiro atoms. The Morgan fingerprint density at radius 2 is 2.00 bits per heavy atom. The van der Waals surface area contributed by atoms with Gasteiger partial charge in [0.1, 0.15) is 5.75 Å². The number of nitro groups is 1. The van der Waals surface area contributed by atoms with Gasteiger partial charge in [0.2, 0.25) is 0 Å². The molecule has 104 valence electrons. The van der Waals surface area contributed by atoms with Gasteiger partial charge in [-0.05, 0) is 39.7 Å². The zero-order valence-corrected chi connectivity index (χ0v) is 12.4. The topological polar surface area (TPSA) is 72.6 Å². The summed E-state index contributed by atoms with van der Waals surface area (Å²) in [6.07, 6.45) is 0. The summed E-state index contributed by atoms with van der Waals surface area (Å²) in [5.41, 5.74) is 0.613. The molecule has 0 aliphatic heterocycles. The Balaban J connectivity index is 2.34. The van der Waals surface area contributed by atoms with E-state index in [0.29, 0.717) is 10.2 Å². The van der Waals surface area contributed by atoms with E-state index in [1.165, 1.54) is 18.2 Å². The highest BCUT2D eigenvalue weighted by Gasteiger charge is 2.13. The smallest absolute Gasteiger partial charge is 0.273 e. The Morgan fingerprint density at radius 3 is 2.60 bits per heavy atom. The van der Waals surface area contributed by atoms with Crippen LogP contribution in [-0.2, 0) is 6.61 Å². The summed E-state index contributed by atoms with van der Waals surface area (Å²) < 4.78 is 6.18. The molecule has 20 heavy (non-hydrogen) atoms. The zero-order valence-electron chi connectivity index (χ0n) is 10.0. The van der Waals surface area contributed by atoms with Gasteiger partial charge in [-0.3, -0.25) is 10.1 Å². The summed E-state index contributed by atoms with van der Waals surface area (Å²) in [6.45, 7) is -0.0869. The number of hydrogen-bond acceptors (Lipinski definition) is 4. The van der Waals surface area contributed by atoms with Crippen LogP contribution < -0.4 is 4.74 Å². The van der Waals surface area contributed by atoms with E-state index >= 15 is 0 Å². The molecule has 2 rings (SSSR count). The molecule has 0 bridgehead atoms. The Labute approximate surface area is 128 Å². The monoisotopic (exact) mass is 357 g/mol. The third kappa shape index (κ3) is 3.27. The van der Waals surface area contributed by atoms with Crippen molar-refractivity contribution in [3.63, 3.8) is 0 Å². The molecule has 1 N–H and O–H groups in total. The number of hydrogen-bond donors (Lipinski definition) is 1. The van der Waals surface area contributed by atoms with Crippen LogP contribution in [0.5, 0.6) is 11.5 Å². The van der Waals surface area contributed by atoms with Crippen molar-refractivity contribution in [2.24, 2.45) is 0 Å². The Hall–Kier alpha value is -1.63. The predicted molar refractivity (Wildman–Crippen MR) is 78.2 cm³/mol. The number of ether oxygens (including phenoxy) is 1. The second-order valence-electron chi connectivity index (χ2n) is 3.90. The van der Waals surface area contributed by atoms with Crippen LogP contribution in [0, 0.1) is 10.1 Å². The van der Waals surface area contributed by atoms with Crippen molar-refractivity contribution in [1.29, 1.82) is 0 Å². The van der Waals surface area contributed by atoms with E-state index in [-0.39, 0.29) is 23.1 Å². The molecule has 0 saturated heterocycles. The summed E-state index contributed by atoms with van der Waals surface area (Å²) in [4.78, 5) is 10.2. The Bertz CT molecular complexity index is 663. The molecule has 5 nitrogen and oxygen atoms in total. The van der Waals surface area contributed by atoms with Crippen LogP contribution >= 0.6 is 27.5 Å². The first kappa shape index (κ1) is 14.8. The number of nitro benzene ring substituents is 1. The van der Waals surface area contributed by atoms with Crippen molar-refractivity contribution in [3.05, 3.63) is 61.6 Å². The fourth-order valence-electron chi connectivity index (χ4n) is 1.53. The lowest BCUT2D eigenvalue weighted by molar-refractivity contribution is -0.384. The Kier molecular flexibility index (Phi) is 4.59. The average molecular weight is 359 g/mol. The van der Waals surface area contributed by atoms with Gasteiger partial charge in [-0.2, -0.15) is 0 Å². The highest BCUT2D eigenvalue weighted by Crippen LogP contribution is 2.36. The predicted octanol–water partition coefficient (Wildman–Crippen LogP) is 4.30. The number of non-ortho nitro benzene ring substituents is 1. The van der Waals surface area contributed by atoms with Crippen molar-refractivity contribution >= 4 is 33.2 Å². The molecule has 0 aliphatic rings. The summed E-state index contributed by atoms with van der Waals surface area (Å²) in [5.74, 6) is 0.642. The molecule has 2 aromatic carbocycles. The quantitative estimate of drug-likeness (QED) is 0.653. The third-order valence-corrected chi connectivity index (χ3v) is 3.46. The van der Waals surface area contributed by atoms with Crippen LogP contribution in [0.2, 0.25) is 5.02 Å². The minimum atomic E-state index is -0.521. The van der Waals surface area contributed by atoms with Gasteiger partial charge in [-0.25, -0.2) is 0 Å². The largest absolute Gasteiger partial charge is 0.454 e. The second kappa shape index (κ2) is 6.21. The molecule has 0 fully saturated rings. The molecular weight excluding hydrogens is 350 g/mol. The fourth-order valence-corrected chi connectivity index (χ4v) is 2.19. The van der Waals surface area contributed by atoms with Gasteiger partial charge in [0.05, 0.1) is 27.1 Å². The molecular formula is C13H9BrClNO4. The van der Waals surface area contributed by atoms with Gasteiger partial charge < -0.3 is 9.84 Å². The van der Waals surface area contributed by atoms with Crippen LogP contribution in [0.4, 0.5) is 5.69 Å². The lowest BCUT2D eigenvalue weighted by atomic mass is 10.2. The van der Waals surface area contributed by atoms with Crippen molar-refractivity contribution in [2.75, 3.05) is 0 Å². The fraction of sp³-hybridized carbons (Fsp3) is 0.0769. The lowest BCUT2D eigenvalue weighted by Crippen LogP contribution is -1.92. The summed E-state index contributed by atoms with van der Waals surface area (Å²) in [5, 5.41) is 20.0. The molecule has 0 radical (unpaired) electrons. The SMILES string of the molecule is O=[N+]([O-])c1ccc(Cl)c(Oc2ccc(CO)cc2Br)c1. The van der Waals surface area contributed by atoms with Crippen molar-refractivity contribution in [1.82, 2.24) is 0 Å². The number of aliphatic hydroxyl groups excluding tert-OH is 1. The summed E-state index contributed by atoms with van der Waals surface area (Å²) in [6, 6.07) is 9.00. The van der Waals surface area contributed by atoms with Crippen LogP contribution in [0.25, 0.3) is 0 Å². The van der Waals surface area contributed by atoms with Gasteiger partial charge >= 0.3 is 0 Å². The lowest BCUT2D eigenvalue weighted by Gasteiger charge is -2.10. The van der Waals surface area contributed by atoms with Gasteiger partial charge in [0, 0.05) is 6.07 Å². The normalized spacial score (nSPS) is 10.3. The van der Waals surface area contributed by atoms with E-state index in [2.05, 4.69) is 15.9 Å². The number of aliphatic hydroxyl groups is 1. The summed E-state index contributed by atoms with van der Waals surface area (Å²) in [7, 11) is 0. The number of rotatable bonds is 4. The van der Waals surface area contributed by atoms with E-state index in [9.17, 15) is 10.1 Å². The van der Waals surface area contributed by atoms with Gasteiger partial charge in [0.15, 0.2) is 5.75 Å². The zero-order chi connectivity index (χ0) is 14.7. The minimum Gasteiger partial charge on any atom is -0.454 e. The van der Waals surface area contributed by atoms with E-state index < -0.39 is 4.92 Å². The molecule has 0 amide bonds. The maximum Gasteiger partial charge on any atom is 0.273 e. The molecule has 0 saturated carbocycles. The van der Waals surface area contributed by atoms with E-state index in [0.717, 1.165) is 5.56 Å². The maximum absolute atomic E-state index is 10.7. The number of nitrogens with zero attached hydrogens (tertiary/aromatic N) is 1. The average Bonchev–Trinajstić information content (AvgIpc) is 2.42. The molecule has 2 aromatic rings. The third-order valence-electron chi connectivity index (χ3n) is 2.52. The first-order valence-electron chi connectivity index (χ1n) is 5.52. The van der Waals surface area contributed by atoms with Crippen LogP contribution in [-0.4, -0.2) is 10.0 Å². The molecule has 0 aliphatic carbocycles. The minimum absolute atomic E-state index is 0.0869. The van der Waals surface area contributed by atoms with E-state index in [1.807, 2.05) is 0 Å². The first-order valence-corrected chi connectivity index (χ1v) is 6.69. The molecule has 0 unspecified atom stereocenters. The molecule has 0 atom stereocenters. The van der Waals surface area contributed by atoms with Crippen molar-refractivity contribution < 1.29 is 14.8 Å². The molecule has 7 heteroatoms. The second-order valence-corrected chi connectivity index (χ2v) is 5.16. The molecule has 0 aromatic heterocycles. The molecule has 0 heterocycles. The Morgan fingerprint density at radius 1 is 1.25 bits per heavy atom. The van der Waals surface area contributed by atoms with Gasteiger partial charge in [-0.1, -0.05) is 17.7 Å². The van der Waals surface area contributed by atoms with Crippen LogP contribution in [0.1, 0.15) is 5.56 Å². The number of halogens is 2. The van der Waals surface area contributed by atoms with Crippen LogP contribution in [0.15, 0.2) is 40.9 Å². The van der Waals surface area contributed by atoms with Gasteiger partial charge in [0.25, 0.3) is 5.69 Å². The van der Waals surface area contributed by atoms with Crippen molar-refractivity contribution in [3.8, 4) is 11.5 Å². The highest BCUT2D eigenvalue weighted by atomic mass is 79.9. The maximum atomic E-state index is 10.7. The first-order chi connectivity index (χ1) is 9.51. The van der Waals surface area contributed by atoms with Crippen LogP contribution in [0.3, 0.4) is 0 Å². The van der Waals surface area contributed by atoms with E-state index in [4.69, 9.17) is 21.4 Å². The standard InChI is InChI=1S/C13H9BrClNO4/c14-10-5-8(7-17)1-4-12(10)20-13-6-9(16(18)19)2-3-11(13)15/h1-6,17H,7H2. The highest BCUT2D eigenvalue weighted by molar-refractivity contribution is 9.10. The summed E-state index contributed by atoms with van der Waals surface area (Å²) >= 11 is 9.26.